The molecule has 13 heavy (non-hydrogen) atoms. The van der Waals surface area contributed by atoms with Gasteiger partial charge in [-0.05, 0) is 30.7 Å². The summed E-state index contributed by atoms with van der Waals surface area (Å²) in [7, 11) is 0. The second-order valence-electron chi connectivity index (χ2n) is 2.76. The molecule has 0 aliphatic carbocycles. The molecule has 0 amide bonds. The Morgan fingerprint density at radius 2 is 2.15 bits per heavy atom. The van der Waals surface area contributed by atoms with Crippen LogP contribution in [0.25, 0.3) is 5.82 Å². The van der Waals surface area contributed by atoms with Crippen molar-refractivity contribution in [3.63, 3.8) is 0 Å². The first kappa shape index (κ1) is 8.26. The first-order valence-electron chi connectivity index (χ1n) is 3.90. The van der Waals surface area contributed by atoms with Crippen LogP contribution >= 0.6 is 11.6 Å². The van der Waals surface area contributed by atoms with Crippen LogP contribution in [0.1, 0.15) is 5.56 Å². The Hall–Kier alpha value is -1.35. The quantitative estimate of drug-likeness (QED) is 0.696. The van der Waals surface area contributed by atoms with Crippen molar-refractivity contribution in [2.75, 3.05) is 0 Å². The van der Waals surface area contributed by atoms with Gasteiger partial charge in [0, 0.05) is 6.20 Å². The molecule has 0 aliphatic rings. The molecule has 66 valence electrons. The number of halogens is 1. The minimum absolute atomic E-state index is 0.568. The molecule has 2 aromatic heterocycles. The van der Waals surface area contributed by atoms with E-state index in [0.717, 1.165) is 11.4 Å². The van der Waals surface area contributed by atoms with E-state index < -0.39 is 0 Å². The molecule has 0 N–H and O–H groups in total. The molecule has 2 rings (SSSR count). The van der Waals surface area contributed by atoms with E-state index in [1.54, 1.807) is 23.1 Å². The fourth-order valence-corrected chi connectivity index (χ4v) is 1.28. The van der Waals surface area contributed by atoms with Gasteiger partial charge in [0.05, 0.1) is 6.20 Å². The number of rotatable bonds is 1. The van der Waals surface area contributed by atoms with Gasteiger partial charge in [-0.1, -0.05) is 11.6 Å². The van der Waals surface area contributed by atoms with Crippen molar-refractivity contribution in [3.8, 4) is 5.82 Å². The molecule has 0 radical (unpaired) electrons. The number of aryl methyl sites for hydroxylation is 1. The van der Waals surface area contributed by atoms with Crippen molar-refractivity contribution >= 4 is 11.6 Å². The van der Waals surface area contributed by atoms with E-state index in [2.05, 4.69) is 10.1 Å². The van der Waals surface area contributed by atoms with Gasteiger partial charge in [-0.15, -0.1) is 0 Å². The van der Waals surface area contributed by atoms with Crippen LogP contribution in [-0.4, -0.2) is 14.8 Å². The lowest BCUT2D eigenvalue weighted by molar-refractivity contribution is 0.846. The predicted molar refractivity (Wildman–Crippen MR) is 51.1 cm³/mol. The first-order valence-corrected chi connectivity index (χ1v) is 4.28. The zero-order chi connectivity index (χ0) is 9.26. The molecule has 0 saturated heterocycles. The average molecular weight is 194 g/mol. The Balaban J connectivity index is 2.53. The third kappa shape index (κ3) is 1.55. The maximum Gasteiger partial charge on any atom is 0.155 e. The fourth-order valence-electron chi connectivity index (χ4n) is 1.09. The molecule has 0 aromatic carbocycles. The van der Waals surface area contributed by atoms with Crippen LogP contribution in [0, 0.1) is 6.92 Å². The maximum absolute atomic E-state index is 5.89. The van der Waals surface area contributed by atoms with E-state index in [1.807, 2.05) is 19.1 Å². The average Bonchev–Trinajstić information content (AvgIpc) is 2.51. The van der Waals surface area contributed by atoms with E-state index in [9.17, 15) is 0 Å². The zero-order valence-electron chi connectivity index (χ0n) is 7.11. The van der Waals surface area contributed by atoms with Crippen LogP contribution in [-0.2, 0) is 0 Å². The third-order valence-corrected chi connectivity index (χ3v) is 2.00. The Kier molecular flexibility index (Phi) is 2.02. The summed E-state index contributed by atoms with van der Waals surface area (Å²) in [5.41, 5.74) is 1.14. The molecule has 0 unspecified atom stereocenters. The van der Waals surface area contributed by atoms with E-state index in [0.29, 0.717) is 5.15 Å². The van der Waals surface area contributed by atoms with Crippen LogP contribution < -0.4 is 0 Å². The zero-order valence-corrected chi connectivity index (χ0v) is 7.86. The van der Waals surface area contributed by atoms with Gasteiger partial charge in [0.25, 0.3) is 0 Å². The summed E-state index contributed by atoms with van der Waals surface area (Å²) >= 11 is 5.89. The number of pyridine rings is 1. The monoisotopic (exact) mass is 193 g/mol. The molecule has 0 fully saturated rings. The van der Waals surface area contributed by atoms with Gasteiger partial charge in [0.2, 0.25) is 0 Å². The second kappa shape index (κ2) is 3.18. The molecular weight excluding hydrogens is 186 g/mol. The standard InChI is InChI=1S/C9H8ClN3/c1-7-2-4-11-9(6-7)13-8(10)3-5-12-13/h2-6H,1H3. The van der Waals surface area contributed by atoms with Crippen LogP contribution in [0.3, 0.4) is 0 Å². The Labute approximate surface area is 81.0 Å². The van der Waals surface area contributed by atoms with Gasteiger partial charge in [-0.3, -0.25) is 0 Å². The highest BCUT2D eigenvalue weighted by Gasteiger charge is 2.02. The molecular formula is C9H8ClN3. The summed E-state index contributed by atoms with van der Waals surface area (Å²) < 4.78 is 1.59. The van der Waals surface area contributed by atoms with Gasteiger partial charge < -0.3 is 0 Å². The van der Waals surface area contributed by atoms with Gasteiger partial charge in [0.1, 0.15) is 5.15 Å². The van der Waals surface area contributed by atoms with E-state index >= 15 is 0 Å². The Bertz CT molecular complexity index is 422. The highest BCUT2D eigenvalue weighted by molar-refractivity contribution is 6.29. The number of nitrogens with zero attached hydrogens (tertiary/aromatic N) is 3. The minimum atomic E-state index is 0.568. The van der Waals surface area contributed by atoms with Crippen molar-refractivity contribution in [1.82, 2.24) is 14.8 Å². The lowest BCUT2D eigenvalue weighted by Crippen LogP contribution is -1.99. The minimum Gasteiger partial charge on any atom is -0.237 e. The van der Waals surface area contributed by atoms with Crippen molar-refractivity contribution in [1.29, 1.82) is 0 Å². The topological polar surface area (TPSA) is 30.7 Å². The lowest BCUT2D eigenvalue weighted by atomic mass is 10.3. The summed E-state index contributed by atoms with van der Waals surface area (Å²) in [6.45, 7) is 2.00. The fraction of sp³-hybridized carbons (Fsp3) is 0.111. The van der Waals surface area contributed by atoms with Crippen LogP contribution in [0.15, 0.2) is 30.6 Å². The van der Waals surface area contributed by atoms with E-state index in [4.69, 9.17) is 11.6 Å². The van der Waals surface area contributed by atoms with Crippen molar-refractivity contribution in [2.24, 2.45) is 0 Å². The maximum atomic E-state index is 5.89. The second-order valence-corrected chi connectivity index (χ2v) is 3.14. The highest BCUT2D eigenvalue weighted by atomic mass is 35.5. The van der Waals surface area contributed by atoms with Gasteiger partial charge in [0.15, 0.2) is 5.82 Å². The number of hydrogen-bond acceptors (Lipinski definition) is 2. The van der Waals surface area contributed by atoms with Crippen LogP contribution in [0.5, 0.6) is 0 Å². The summed E-state index contributed by atoms with van der Waals surface area (Å²) in [6.07, 6.45) is 3.38. The molecule has 3 nitrogen and oxygen atoms in total. The Morgan fingerprint density at radius 1 is 1.31 bits per heavy atom. The van der Waals surface area contributed by atoms with Gasteiger partial charge >= 0.3 is 0 Å². The summed E-state index contributed by atoms with van der Waals surface area (Å²) in [5, 5.41) is 4.62. The molecule has 2 heterocycles. The Morgan fingerprint density at radius 3 is 2.77 bits per heavy atom. The molecule has 0 atom stereocenters. The molecule has 0 spiro atoms. The summed E-state index contributed by atoms with van der Waals surface area (Å²) in [6, 6.07) is 5.59. The summed E-state index contributed by atoms with van der Waals surface area (Å²) in [5.74, 6) is 0.745. The van der Waals surface area contributed by atoms with Gasteiger partial charge in [-0.25, -0.2) is 9.67 Å². The molecule has 0 aliphatic heterocycles. The van der Waals surface area contributed by atoms with E-state index in [-0.39, 0.29) is 0 Å². The lowest BCUT2D eigenvalue weighted by Gasteiger charge is -2.01. The molecule has 4 heteroatoms. The third-order valence-electron chi connectivity index (χ3n) is 1.71. The van der Waals surface area contributed by atoms with Gasteiger partial charge in [-0.2, -0.15) is 5.10 Å². The first-order chi connectivity index (χ1) is 6.27. The molecule has 0 bridgehead atoms. The van der Waals surface area contributed by atoms with Crippen LogP contribution in [0.4, 0.5) is 0 Å². The van der Waals surface area contributed by atoms with Crippen molar-refractivity contribution < 1.29 is 0 Å². The van der Waals surface area contributed by atoms with Crippen molar-refractivity contribution in [3.05, 3.63) is 41.3 Å². The summed E-state index contributed by atoms with van der Waals surface area (Å²) in [4.78, 5) is 4.16. The SMILES string of the molecule is Cc1ccnc(-n2nccc2Cl)c1. The smallest absolute Gasteiger partial charge is 0.155 e. The molecule has 2 aromatic rings. The van der Waals surface area contributed by atoms with Crippen LogP contribution in [0.2, 0.25) is 5.15 Å². The largest absolute Gasteiger partial charge is 0.237 e. The number of aromatic nitrogens is 3. The highest BCUT2D eigenvalue weighted by Crippen LogP contribution is 2.12. The normalized spacial score (nSPS) is 10.3. The molecule has 0 saturated carbocycles. The predicted octanol–water partition coefficient (Wildman–Crippen LogP) is 2.23. The number of hydrogen-bond donors (Lipinski definition) is 0. The van der Waals surface area contributed by atoms with E-state index in [1.165, 1.54) is 0 Å². The van der Waals surface area contributed by atoms with Crippen molar-refractivity contribution in [2.45, 2.75) is 6.92 Å².